The monoisotopic (exact) mass is 257 g/mol. The Balaban J connectivity index is 2.26. The van der Waals surface area contributed by atoms with Crippen LogP contribution in [-0.4, -0.2) is 4.98 Å². The fourth-order valence-corrected chi connectivity index (χ4v) is 1.53. The second-order valence-corrected chi connectivity index (χ2v) is 4.08. The molecule has 2 rings (SSSR count). The molecule has 0 fully saturated rings. The number of halogens is 1. The van der Waals surface area contributed by atoms with Crippen LogP contribution in [0.3, 0.4) is 0 Å². The lowest BCUT2D eigenvalue weighted by atomic mass is 10.1. The predicted molar refractivity (Wildman–Crippen MR) is 68.0 cm³/mol. The molecule has 1 atom stereocenters. The number of benzene rings is 1. The van der Waals surface area contributed by atoms with Crippen molar-refractivity contribution in [2.24, 2.45) is 5.73 Å². The van der Waals surface area contributed by atoms with Gasteiger partial charge in [0.15, 0.2) is 11.6 Å². The second-order valence-electron chi connectivity index (χ2n) is 4.08. The molecule has 1 aromatic heterocycles. The highest BCUT2D eigenvalue weighted by Crippen LogP contribution is 2.25. The number of nitriles is 1. The molecule has 0 bridgehead atoms. The highest BCUT2D eigenvalue weighted by atomic mass is 19.1. The highest BCUT2D eigenvalue weighted by molar-refractivity contribution is 5.38. The van der Waals surface area contributed by atoms with Gasteiger partial charge >= 0.3 is 0 Å². The van der Waals surface area contributed by atoms with Gasteiger partial charge in [0.05, 0.1) is 11.6 Å². The molecular weight excluding hydrogens is 245 g/mol. The van der Waals surface area contributed by atoms with E-state index in [0.717, 1.165) is 11.6 Å². The van der Waals surface area contributed by atoms with Gasteiger partial charge in [-0.1, -0.05) is 0 Å². The van der Waals surface area contributed by atoms with Crippen molar-refractivity contribution < 1.29 is 9.13 Å². The third-order valence-electron chi connectivity index (χ3n) is 2.56. The van der Waals surface area contributed by atoms with Crippen LogP contribution in [0.25, 0.3) is 0 Å². The van der Waals surface area contributed by atoms with Crippen LogP contribution >= 0.6 is 0 Å². The topological polar surface area (TPSA) is 71.9 Å². The van der Waals surface area contributed by atoms with Crippen molar-refractivity contribution in [1.82, 2.24) is 4.98 Å². The van der Waals surface area contributed by atoms with E-state index in [9.17, 15) is 4.39 Å². The molecule has 0 aliphatic heterocycles. The summed E-state index contributed by atoms with van der Waals surface area (Å²) < 4.78 is 19.0. The van der Waals surface area contributed by atoms with Gasteiger partial charge in [-0.2, -0.15) is 5.26 Å². The van der Waals surface area contributed by atoms with E-state index < -0.39 is 5.82 Å². The van der Waals surface area contributed by atoms with Crippen LogP contribution in [0.1, 0.15) is 24.1 Å². The van der Waals surface area contributed by atoms with Gasteiger partial charge in [0.25, 0.3) is 0 Å². The molecule has 0 saturated carbocycles. The summed E-state index contributed by atoms with van der Waals surface area (Å²) in [5.41, 5.74) is 6.83. The molecule has 19 heavy (non-hydrogen) atoms. The van der Waals surface area contributed by atoms with E-state index in [0.29, 0.717) is 0 Å². The molecule has 1 heterocycles. The van der Waals surface area contributed by atoms with E-state index in [1.165, 1.54) is 12.1 Å². The van der Waals surface area contributed by atoms with Crippen molar-refractivity contribution in [3.8, 4) is 17.7 Å². The second kappa shape index (κ2) is 5.46. The molecular formula is C14H12FN3O. The fourth-order valence-electron chi connectivity index (χ4n) is 1.53. The first-order valence-corrected chi connectivity index (χ1v) is 5.69. The Bertz CT molecular complexity index is 635. The smallest absolute Gasteiger partial charge is 0.219 e. The van der Waals surface area contributed by atoms with Crippen molar-refractivity contribution in [2.75, 3.05) is 0 Å². The van der Waals surface area contributed by atoms with Crippen LogP contribution < -0.4 is 10.5 Å². The first-order valence-electron chi connectivity index (χ1n) is 5.69. The number of nitrogens with two attached hydrogens (primary N) is 1. The quantitative estimate of drug-likeness (QED) is 0.917. The van der Waals surface area contributed by atoms with E-state index >= 15 is 0 Å². The third-order valence-corrected chi connectivity index (χ3v) is 2.56. The molecule has 4 nitrogen and oxygen atoms in total. The van der Waals surface area contributed by atoms with Crippen molar-refractivity contribution in [2.45, 2.75) is 13.0 Å². The Labute approximate surface area is 110 Å². The van der Waals surface area contributed by atoms with Gasteiger partial charge in [0, 0.05) is 18.3 Å². The number of ether oxygens (including phenoxy) is 1. The lowest BCUT2D eigenvalue weighted by Gasteiger charge is -2.09. The zero-order valence-corrected chi connectivity index (χ0v) is 10.3. The average molecular weight is 257 g/mol. The molecule has 2 aromatic rings. The molecule has 0 unspecified atom stereocenters. The van der Waals surface area contributed by atoms with Gasteiger partial charge in [0.1, 0.15) is 0 Å². The maximum atomic E-state index is 13.7. The molecule has 0 aliphatic carbocycles. The number of nitrogens with zero attached hydrogens (tertiary/aromatic N) is 2. The van der Waals surface area contributed by atoms with E-state index in [4.69, 9.17) is 15.7 Å². The lowest BCUT2D eigenvalue weighted by molar-refractivity contribution is 0.426. The number of rotatable bonds is 3. The molecule has 0 aliphatic rings. The Kier molecular flexibility index (Phi) is 3.74. The van der Waals surface area contributed by atoms with Gasteiger partial charge in [-0.25, -0.2) is 9.37 Å². The minimum atomic E-state index is -0.605. The highest BCUT2D eigenvalue weighted by Gasteiger charge is 2.08. The van der Waals surface area contributed by atoms with E-state index in [2.05, 4.69) is 4.98 Å². The van der Waals surface area contributed by atoms with E-state index in [-0.39, 0.29) is 23.2 Å². The molecule has 0 spiro atoms. The summed E-state index contributed by atoms with van der Waals surface area (Å²) in [6, 6.07) is 9.12. The first-order chi connectivity index (χ1) is 9.10. The van der Waals surface area contributed by atoms with Gasteiger partial charge in [-0.05, 0) is 36.8 Å². The number of aromatic nitrogens is 1. The van der Waals surface area contributed by atoms with Crippen LogP contribution in [0.15, 0.2) is 36.5 Å². The zero-order valence-electron chi connectivity index (χ0n) is 10.3. The minimum absolute atomic E-state index is 0.0216. The first kappa shape index (κ1) is 13.0. The fraction of sp³-hybridized carbons (Fsp3) is 0.143. The minimum Gasteiger partial charge on any atom is -0.436 e. The Morgan fingerprint density at radius 2 is 2.16 bits per heavy atom. The summed E-state index contributed by atoms with van der Waals surface area (Å²) in [5, 5.41) is 8.66. The van der Waals surface area contributed by atoms with Gasteiger partial charge in [0.2, 0.25) is 5.88 Å². The van der Waals surface area contributed by atoms with Crippen molar-refractivity contribution in [3.05, 3.63) is 53.5 Å². The maximum Gasteiger partial charge on any atom is 0.219 e. The van der Waals surface area contributed by atoms with Crippen LogP contribution in [0, 0.1) is 17.1 Å². The molecule has 0 amide bonds. The summed E-state index contributed by atoms with van der Waals surface area (Å²) in [7, 11) is 0. The SMILES string of the molecule is C[C@H](N)c1ccnc(Oc2ccc(C#N)cc2F)c1. The summed E-state index contributed by atoms with van der Waals surface area (Å²) in [4.78, 5) is 3.99. The average Bonchev–Trinajstić information content (AvgIpc) is 2.41. The predicted octanol–water partition coefficient (Wildman–Crippen LogP) is 2.90. The van der Waals surface area contributed by atoms with Crippen LogP contribution in [0.5, 0.6) is 11.6 Å². The number of hydrogen-bond donors (Lipinski definition) is 1. The molecule has 2 N–H and O–H groups in total. The van der Waals surface area contributed by atoms with Crippen molar-refractivity contribution in [1.29, 1.82) is 5.26 Å². The van der Waals surface area contributed by atoms with Gasteiger partial charge < -0.3 is 10.5 Å². The van der Waals surface area contributed by atoms with Crippen molar-refractivity contribution >= 4 is 0 Å². The number of hydrogen-bond acceptors (Lipinski definition) is 4. The third kappa shape index (κ3) is 3.06. The standard InChI is InChI=1S/C14H12FN3O/c1-9(17)11-4-5-18-14(7-11)19-13-3-2-10(8-16)6-12(13)15/h2-7,9H,17H2,1H3/t9-/m0/s1. The summed E-state index contributed by atoms with van der Waals surface area (Å²) >= 11 is 0. The largest absolute Gasteiger partial charge is 0.436 e. The van der Waals surface area contributed by atoms with E-state index in [1.54, 1.807) is 18.3 Å². The zero-order chi connectivity index (χ0) is 13.8. The van der Waals surface area contributed by atoms with Gasteiger partial charge in [-0.3, -0.25) is 0 Å². The Hall–Kier alpha value is -2.45. The van der Waals surface area contributed by atoms with E-state index in [1.807, 2.05) is 13.0 Å². The van der Waals surface area contributed by atoms with Gasteiger partial charge in [-0.15, -0.1) is 0 Å². The Morgan fingerprint density at radius 3 is 2.79 bits per heavy atom. The summed E-state index contributed by atoms with van der Waals surface area (Å²) in [5.74, 6) is -0.321. The molecule has 96 valence electrons. The van der Waals surface area contributed by atoms with Crippen molar-refractivity contribution in [3.63, 3.8) is 0 Å². The molecule has 0 radical (unpaired) electrons. The van der Waals surface area contributed by atoms with Crippen LogP contribution in [-0.2, 0) is 0 Å². The Morgan fingerprint density at radius 1 is 1.37 bits per heavy atom. The summed E-state index contributed by atoms with van der Waals surface area (Å²) in [6.07, 6.45) is 1.55. The molecule has 1 aromatic carbocycles. The maximum absolute atomic E-state index is 13.7. The number of pyridine rings is 1. The van der Waals surface area contributed by atoms with Crippen LogP contribution in [0.2, 0.25) is 0 Å². The molecule has 0 saturated heterocycles. The lowest BCUT2D eigenvalue weighted by Crippen LogP contribution is -2.05. The molecule has 5 heteroatoms. The van der Waals surface area contributed by atoms with Crippen LogP contribution in [0.4, 0.5) is 4.39 Å². The summed E-state index contributed by atoms with van der Waals surface area (Å²) in [6.45, 7) is 1.83. The normalized spacial score (nSPS) is 11.7.